The van der Waals surface area contributed by atoms with Crippen LogP contribution in [0.5, 0.6) is 5.75 Å². The second kappa shape index (κ2) is 6.44. The Labute approximate surface area is 125 Å². The molecule has 0 aliphatic heterocycles. The van der Waals surface area contributed by atoms with Crippen LogP contribution in [0.15, 0.2) is 17.0 Å². The highest BCUT2D eigenvalue weighted by molar-refractivity contribution is 7.89. The van der Waals surface area contributed by atoms with Crippen molar-refractivity contribution in [3.8, 4) is 5.75 Å². The van der Waals surface area contributed by atoms with Crippen molar-refractivity contribution in [1.82, 2.24) is 4.90 Å². The van der Waals surface area contributed by atoms with Crippen molar-refractivity contribution in [2.45, 2.75) is 38.6 Å². The van der Waals surface area contributed by atoms with Gasteiger partial charge in [0.1, 0.15) is 5.75 Å². The molecule has 0 aliphatic rings. The Morgan fingerprint density at radius 1 is 1.29 bits per heavy atom. The summed E-state index contributed by atoms with van der Waals surface area (Å²) < 4.78 is 28.4. The number of sulfonamides is 1. The van der Waals surface area contributed by atoms with Crippen LogP contribution in [-0.4, -0.2) is 38.9 Å². The Kier molecular flexibility index (Phi) is 5.36. The molecule has 1 amide bonds. The zero-order chi connectivity index (χ0) is 16.4. The average molecular weight is 314 g/mol. The molecule has 0 aromatic heterocycles. The van der Waals surface area contributed by atoms with Gasteiger partial charge in [0, 0.05) is 13.1 Å². The molecule has 0 saturated carbocycles. The van der Waals surface area contributed by atoms with Gasteiger partial charge < -0.3 is 9.64 Å². The Balaban J connectivity index is 2.91. The average Bonchev–Trinajstić information content (AvgIpc) is 2.32. The summed E-state index contributed by atoms with van der Waals surface area (Å²) in [6.45, 7) is 7.01. The summed E-state index contributed by atoms with van der Waals surface area (Å²) in [6, 6.07) is 3.22. The molecule has 0 fully saturated rings. The largest absolute Gasteiger partial charge is 0.484 e. The van der Waals surface area contributed by atoms with Gasteiger partial charge in [0.25, 0.3) is 5.91 Å². The van der Waals surface area contributed by atoms with Crippen LogP contribution in [0, 0.1) is 13.8 Å². The van der Waals surface area contributed by atoms with E-state index in [1.165, 1.54) is 0 Å². The number of aryl methyl sites for hydroxylation is 2. The first-order valence-electron chi connectivity index (χ1n) is 6.56. The molecule has 0 spiro atoms. The first-order chi connectivity index (χ1) is 9.54. The van der Waals surface area contributed by atoms with E-state index in [2.05, 4.69) is 0 Å². The number of hydrogen-bond acceptors (Lipinski definition) is 4. The molecule has 1 aromatic rings. The van der Waals surface area contributed by atoms with Gasteiger partial charge in [0.15, 0.2) is 6.61 Å². The lowest BCUT2D eigenvalue weighted by molar-refractivity contribution is -0.133. The maximum atomic E-state index is 11.8. The number of primary sulfonamides is 1. The van der Waals surface area contributed by atoms with Crippen molar-refractivity contribution < 1.29 is 17.9 Å². The van der Waals surface area contributed by atoms with Crippen LogP contribution >= 0.6 is 0 Å². The molecule has 1 rings (SSSR count). The van der Waals surface area contributed by atoms with Gasteiger partial charge in [0.2, 0.25) is 10.0 Å². The fourth-order valence-electron chi connectivity index (χ4n) is 1.98. The second-order valence-electron chi connectivity index (χ2n) is 5.32. The van der Waals surface area contributed by atoms with Gasteiger partial charge in [-0.25, -0.2) is 13.6 Å². The van der Waals surface area contributed by atoms with Crippen LogP contribution in [0.3, 0.4) is 0 Å². The molecule has 2 N–H and O–H groups in total. The summed E-state index contributed by atoms with van der Waals surface area (Å²) in [4.78, 5) is 13.5. The van der Waals surface area contributed by atoms with Crippen LogP contribution in [0.25, 0.3) is 0 Å². The number of ether oxygens (including phenoxy) is 1. The number of benzene rings is 1. The Bertz CT molecular complexity index is 615. The molecular weight excluding hydrogens is 292 g/mol. The molecule has 0 saturated heterocycles. The number of likely N-dealkylation sites (N-methyl/N-ethyl adjacent to an activating group) is 1. The fraction of sp³-hybridized carbons (Fsp3) is 0.500. The molecule has 0 heterocycles. The molecule has 0 atom stereocenters. The summed E-state index contributed by atoms with van der Waals surface area (Å²) in [5, 5.41) is 5.17. The highest BCUT2D eigenvalue weighted by Crippen LogP contribution is 2.24. The molecular formula is C14H22N2O4S. The minimum Gasteiger partial charge on any atom is -0.484 e. The number of hydrogen-bond donors (Lipinski definition) is 1. The van der Waals surface area contributed by atoms with Gasteiger partial charge in [-0.3, -0.25) is 4.79 Å². The highest BCUT2D eigenvalue weighted by atomic mass is 32.2. The Morgan fingerprint density at radius 3 is 2.14 bits per heavy atom. The van der Waals surface area contributed by atoms with Crippen LogP contribution in [0.4, 0.5) is 0 Å². The molecule has 0 unspecified atom stereocenters. The molecule has 6 nitrogen and oxygen atoms in total. The van der Waals surface area contributed by atoms with Gasteiger partial charge in [-0.1, -0.05) is 0 Å². The predicted molar refractivity (Wildman–Crippen MR) is 80.7 cm³/mol. The van der Waals surface area contributed by atoms with Crippen LogP contribution < -0.4 is 9.88 Å². The number of carbonyl (C=O) groups is 1. The van der Waals surface area contributed by atoms with Gasteiger partial charge in [0.05, 0.1) is 4.90 Å². The van der Waals surface area contributed by atoms with Crippen molar-refractivity contribution in [2.24, 2.45) is 5.14 Å². The van der Waals surface area contributed by atoms with Gasteiger partial charge in [-0.15, -0.1) is 0 Å². The molecule has 0 radical (unpaired) electrons. The monoisotopic (exact) mass is 314 g/mol. The van der Waals surface area contributed by atoms with E-state index in [0.29, 0.717) is 16.9 Å². The molecule has 1 aromatic carbocycles. The minimum atomic E-state index is -3.77. The standard InChI is InChI=1S/C14H22N2O4S/c1-9(2)16(5)13(17)8-20-12-6-10(3)14(11(4)7-12)21(15,18)19/h6-7,9H,8H2,1-5H3,(H2,15,18,19). The van der Waals surface area contributed by atoms with E-state index in [9.17, 15) is 13.2 Å². The molecule has 118 valence electrons. The Morgan fingerprint density at radius 2 is 1.76 bits per heavy atom. The minimum absolute atomic E-state index is 0.0920. The summed E-state index contributed by atoms with van der Waals surface area (Å²) in [5.41, 5.74) is 0.995. The van der Waals surface area contributed by atoms with Gasteiger partial charge >= 0.3 is 0 Å². The second-order valence-corrected chi connectivity index (χ2v) is 6.82. The Hall–Kier alpha value is -1.60. The lowest BCUT2D eigenvalue weighted by Gasteiger charge is -2.21. The van der Waals surface area contributed by atoms with Crippen molar-refractivity contribution in [1.29, 1.82) is 0 Å². The van der Waals surface area contributed by atoms with Crippen molar-refractivity contribution >= 4 is 15.9 Å². The van der Waals surface area contributed by atoms with Crippen LogP contribution in [0.2, 0.25) is 0 Å². The van der Waals surface area contributed by atoms with Gasteiger partial charge in [-0.2, -0.15) is 0 Å². The maximum absolute atomic E-state index is 11.8. The van der Waals surface area contributed by atoms with E-state index in [1.54, 1.807) is 37.9 Å². The lowest BCUT2D eigenvalue weighted by Crippen LogP contribution is -2.36. The van der Waals surface area contributed by atoms with Gasteiger partial charge in [-0.05, 0) is 51.0 Å². The van der Waals surface area contributed by atoms with Crippen LogP contribution in [0.1, 0.15) is 25.0 Å². The SMILES string of the molecule is Cc1cc(OCC(=O)N(C)C(C)C)cc(C)c1S(N)(=O)=O. The highest BCUT2D eigenvalue weighted by Gasteiger charge is 2.17. The topological polar surface area (TPSA) is 89.7 Å². The van der Waals surface area contributed by atoms with Crippen molar-refractivity contribution in [2.75, 3.05) is 13.7 Å². The summed E-state index contributed by atoms with van der Waals surface area (Å²) >= 11 is 0. The van der Waals surface area contributed by atoms with Crippen molar-refractivity contribution in [3.63, 3.8) is 0 Å². The van der Waals surface area contributed by atoms with E-state index in [4.69, 9.17) is 9.88 Å². The van der Waals surface area contributed by atoms with Crippen LogP contribution in [-0.2, 0) is 14.8 Å². The smallest absolute Gasteiger partial charge is 0.260 e. The number of carbonyl (C=O) groups excluding carboxylic acids is 1. The number of nitrogens with zero attached hydrogens (tertiary/aromatic N) is 1. The predicted octanol–water partition coefficient (Wildman–Crippen LogP) is 1.20. The van der Waals surface area contributed by atoms with E-state index in [0.717, 1.165) is 0 Å². The quantitative estimate of drug-likeness (QED) is 0.884. The molecule has 0 aliphatic carbocycles. The number of nitrogens with two attached hydrogens (primary N) is 1. The first-order valence-corrected chi connectivity index (χ1v) is 8.11. The fourth-order valence-corrected chi connectivity index (χ4v) is 2.99. The summed E-state index contributed by atoms with van der Waals surface area (Å²) in [5.74, 6) is 0.304. The zero-order valence-electron chi connectivity index (χ0n) is 13.0. The normalized spacial score (nSPS) is 11.6. The molecule has 21 heavy (non-hydrogen) atoms. The van der Waals surface area contributed by atoms with E-state index in [-0.39, 0.29) is 23.5 Å². The maximum Gasteiger partial charge on any atom is 0.260 e. The van der Waals surface area contributed by atoms with E-state index in [1.807, 2.05) is 13.8 Å². The number of amides is 1. The third-order valence-electron chi connectivity index (χ3n) is 3.25. The molecule has 0 bridgehead atoms. The summed E-state index contributed by atoms with van der Waals surface area (Å²) in [6.07, 6.45) is 0. The molecule has 7 heteroatoms. The van der Waals surface area contributed by atoms with Crippen molar-refractivity contribution in [3.05, 3.63) is 23.3 Å². The van der Waals surface area contributed by atoms with E-state index >= 15 is 0 Å². The number of rotatable bonds is 5. The third-order valence-corrected chi connectivity index (χ3v) is 4.46. The zero-order valence-corrected chi connectivity index (χ0v) is 13.8. The lowest BCUT2D eigenvalue weighted by atomic mass is 10.1. The van der Waals surface area contributed by atoms with E-state index < -0.39 is 10.0 Å². The summed E-state index contributed by atoms with van der Waals surface area (Å²) in [7, 11) is -2.06. The third kappa shape index (κ3) is 4.44. The first kappa shape index (κ1) is 17.5.